The smallest absolute Gasteiger partial charge is 0.141 e. The van der Waals surface area contributed by atoms with E-state index < -0.39 is 0 Å². The first-order valence-corrected chi connectivity index (χ1v) is 11.3. The lowest BCUT2D eigenvalue weighted by Gasteiger charge is -2.33. The third kappa shape index (κ3) is 4.77. The Morgan fingerprint density at radius 2 is 1.93 bits per heavy atom. The van der Waals surface area contributed by atoms with Gasteiger partial charge in [0.25, 0.3) is 0 Å². The predicted molar refractivity (Wildman–Crippen MR) is 122 cm³/mol. The van der Waals surface area contributed by atoms with Crippen LogP contribution in [0.1, 0.15) is 19.8 Å². The monoisotopic (exact) mass is 410 g/mol. The van der Waals surface area contributed by atoms with E-state index in [-0.39, 0.29) is 6.10 Å². The van der Waals surface area contributed by atoms with Crippen LogP contribution >= 0.6 is 11.3 Å². The van der Waals surface area contributed by atoms with Crippen LogP contribution < -0.4 is 4.90 Å². The second kappa shape index (κ2) is 9.20. The topological polar surface area (TPSA) is 41.5 Å². The molecular weight excluding hydrogens is 380 g/mol. The fourth-order valence-corrected chi connectivity index (χ4v) is 5.02. The lowest BCUT2D eigenvalue weighted by Crippen LogP contribution is -2.36. The van der Waals surface area contributed by atoms with Crippen molar-refractivity contribution in [1.82, 2.24) is 14.9 Å². The van der Waals surface area contributed by atoms with Crippen molar-refractivity contribution >= 4 is 27.4 Å². The number of aromatic nitrogens is 2. The summed E-state index contributed by atoms with van der Waals surface area (Å²) in [6.07, 6.45) is 4.28. The maximum atomic E-state index is 6.08. The second-order valence-corrected chi connectivity index (χ2v) is 9.09. The van der Waals surface area contributed by atoms with Crippen molar-refractivity contribution in [3.8, 4) is 11.1 Å². The number of ether oxygens (including phenoxy) is 1. The Bertz CT molecular complexity index is 919. The molecule has 154 valence electrons. The van der Waals surface area contributed by atoms with Crippen molar-refractivity contribution in [3.05, 3.63) is 42.0 Å². The molecule has 0 N–H and O–H groups in total. The molecule has 2 aromatic heterocycles. The third-order valence-electron chi connectivity index (χ3n) is 5.59. The molecule has 5 nitrogen and oxygen atoms in total. The summed E-state index contributed by atoms with van der Waals surface area (Å²) in [5.74, 6) is 1.71. The van der Waals surface area contributed by atoms with Gasteiger partial charge in [-0.05, 0) is 45.3 Å². The summed E-state index contributed by atoms with van der Waals surface area (Å²) >= 11 is 1.70. The number of likely N-dealkylation sites (N-methyl/N-ethyl adjacent to an activating group) is 1. The van der Waals surface area contributed by atoms with Crippen LogP contribution in [-0.2, 0) is 4.74 Å². The highest BCUT2D eigenvalue weighted by Crippen LogP contribution is 2.38. The Hall–Kier alpha value is -2.02. The number of rotatable bonds is 7. The zero-order valence-electron chi connectivity index (χ0n) is 17.5. The van der Waals surface area contributed by atoms with Crippen molar-refractivity contribution in [2.75, 3.05) is 45.2 Å². The van der Waals surface area contributed by atoms with E-state index in [0.717, 1.165) is 49.7 Å². The van der Waals surface area contributed by atoms with Crippen LogP contribution in [0.25, 0.3) is 21.3 Å². The van der Waals surface area contributed by atoms with Gasteiger partial charge in [-0.25, -0.2) is 9.97 Å². The van der Waals surface area contributed by atoms with Gasteiger partial charge in [-0.15, -0.1) is 11.3 Å². The Morgan fingerprint density at radius 1 is 1.17 bits per heavy atom. The largest absolute Gasteiger partial charge is 0.377 e. The lowest BCUT2D eigenvalue weighted by molar-refractivity contribution is 0.0209. The molecule has 29 heavy (non-hydrogen) atoms. The van der Waals surface area contributed by atoms with Crippen LogP contribution in [0.2, 0.25) is 0 Å². The van der Waals surface area contributed by atoms with Gasteiger partial charge in [0.05, 0.1) is 11.5 Å². The molecule has 0 spiro atoms. The molecule has 1 aliphatic rings. The van der Waals surface area contributed by atoms with Crippen LogP contribution in [0.15, 0.2) is 42.0 Å². The Morgan fingerprint density at radius 3 is 2.66 bits per heavy atom. The zero-order chi connectivity index (χ0) is 20.2. The standard InChI is InChI=1S/C23H30N4OS/c1-17(13-26(2)3)28-14-18-9-11-27(12-10-18)22-21-20(19-7-5-4-6-8-19)15-29-23(21)25-16-24-22/h4-8,15-18H,9-14H2,1-3H3/t17-/m0/s1. The molecule has 4 rings (SSSR count). The Labute approximate surface area is 177 Å². The fraction of sp³-hybridized carbons (Fsp3) is 0.478. The van der Waals surface area contributed by atoms with Crippen LogP contribution in [0.4, 0.5) is 5.82 Å². The number of hydrogen-bond donors (Lipinski definition) is 0. The van der Waals surface area contributed by atoms with Crippen molar-refractivity contribution in [2.45, 2.75) is 25.9 Å². The average Bonchev–Trinajstić information content (AvgIpc) is 3.17. The summed E-state index contributed by atoms with van der Waals surface area (Å²) in [6, 6.07) is 10.6. The molecule has 1 fully saturated rings. The quantitative estimate of drug-likeness (QED) is 0.572. The molecule has 3 heterocycles. The Kier molecular flexibility index (Phi) is 6.43. The van der Waals surface area contributed by atoms with Crippen LogP contribution in [0.3, 0.4) is 0 Å². The van der Waals surface area contributed by atoms with Crippen molar-refractivity contribution in [2.24, 2.45) is 5.92 Å². The minimum atomic E-state index is 0.281. The SMILES string of the molecule is C[C@@H](CN(C)C)OCC1CCN(c2ncnc3scc(-c4ccccc4)c23)CC1. The molecule has 1 aliphatic heterocycles. The van der Waals surface area contributed by atoms with Gasteiger partial charge in [0.15, 0.2) is 0 Å². The van der Waals surface area contributed by atoms with Gasteiger partial charge in [-0.3, -0.25) is 0 Å². The van der Waals surface area contributed by atoms with Crippen molar-refractivity contribution < 1.29 is 4.74 Å². The number of thiophene rings is 1. The van der Waals surface area contributed by atoms with E-state index in [9.17, 15) is 0 Å². The van der Waals surface area contributed by atoms with E-state index in [2.05, 4.69) is 71.5 Å². The van der Waals surface area contributed by atoms with Crippen LogP contribution in [0.5, 0.6) is 0 Å². The molecule has 0 aliphatic carbocycles. The van der Waals surface area contributed by atoms with Gasteiger partial charge in [-0.1, -0.05) is 30.3 Å². The normalized spacial score (nSPS) is 16.6. The number of piperidine rings is 1. The number of benzene rings is 1. The van der Waals surface area contributed by atoms with Crippen LogP contribution in [0, 0.1) is 5.92 Å². The highest BCUT2D eigenvalue weighted by atomic mass is 32.1. The van der Waals surface area contributed by atoms with E-state index in [0.29, 0.717) is 5.92 Å². The fourth-order valence-electron chi connectivity index (χ4n) is 4.11. The van der Waals surface area contributed by atoms with E-state index in [1.807, 2.05) is 0 Å². The summed E-state index contributed by atoms with van der Waals surface area (Å²) in [4.78, 5) is 14.9. The first-order valence-electron chi connectivity index (χ1n) is 10.4. The minimum Gasteiger partial charge on any atom is -0.377 e. The summed E-state index contributed by atoms with van der Waals surface area (Å²) < 4.78 is 6.08. The average molecular weight is 411 g/mol. The zero-order valence-corrected chi connectivity index (χ0v) is 18.4. The van der Waals surface area contributed by atoms with Gasteiger partial charge in [0.2, 0.25) is 0 Å². The van der Waals surface area contributed by atoms with Crippen molar-refractivity contribution in [1.29, 1.82) is 0 Å². The molecule has 0 saturated carbocycles. The highest BCUT2D eigenvalue weighted by Gasteiger charge is 2.24. The molecule has 0 radical (unpaired) electrons. The van der Waals surface area contributed by atoms with E-state index in [1.165, 1.54) is 16.5 Å². The number of fused-ring (bicyclic) bond motifs is 1. The first kappa shape index (κ1) is 20.3. The van der Waals surface area contributed by atoms with Gasteiger partial charge in [0.1, 0.15) is 17.0 Å². The summed E-state index contributed by atoms with van der Waals surface area (Å²) in [6.45, 7) is 6.03. The minimum absolute atomic E-state index is 0.281. The van der Waals surface area contributed by atoms with Gasteiger partial charge < -0.3 is 14.5 Å². The van der Waals surface area contributed by atoms with Crippen molar-refractivity contribution in [3.63, 3.8) is 0 Å². The van der Waals surface area contributed by atoms with Gasteiger partial charge >= 0.3 is 0 Å². The maximum absolute atomic E-state index is 6.08. The van der Waals surface area contributed by atoms with Gasteiger partial charge in [0, 0.05) is 37.2 Å². The first-order chi connectivity index (χ1) is 14.1. The molecule has 1 aromatic carbocycles. The highest BCUT2D eigenvalue weighted by molar-refractivity contribution is 7.17. The molecule has 0 bridgehead atoms. The predicted octanol–water partition coefficient (Wildman–Crippen LogP) is 4.54. The van der Waals surface area contributed by atoms with Crippen LogP contribution in [-0.4, -0.2) is 61.3 Å². The summed E-state index contributed by atoms with van der Waals surface area (Å²) in [5, 5.41) is 3.41. The van der Waals surface area contributed by atoms with E-state index >= 15 is 0 Å². The number of nitrogens with zero attached hydrogens (tertiary/aromatic N) is 4. The van der Waals surface area contributed by atoms with E-state index in [4.69, 9.17) is 9.72 Å². The molecule has 3 aromatic rings. The molecular formula is C23H30N4OS. The second-order valence-electron chi connectivity index (χ2n) is 8.23. The summed E-state index contributed by atoms with van der Waals surface area (Å²) in [5.41, 5.74) is 2.47. The van der Waals surface area contributed by atoms with Gasteiger partial charge in [-0.2, -0.15) is 0 Å². The number of anilines is 1. The maximum Gasteiger partial charge on any atom is 0.141 e. The molecule has 0 unspecified atom stereocenters. The molecule has 1 saturated heterocycles. The third-order valence-corrected chi connectivity index (χ3v) is 6.47. The van der Waals surface area contributed by atoms with E-state index in [1.54, 1.807) is 17.7 Å². The number of hydrogen-bond acceptors (Lipinski definition) is 6. The molecule has 1 atom stereocenters. The molecule has 6 heteroatoms. The molecule has 0 amide bonds. The lowest BCUT2D eigenvalue weighted by atomic mass is 9.97. The summed E-state index contributed by atoms with van der Waals surface area (Å²) in [7, 11) is 4.18. The Balaban J connectivity index is 1.46.